The van der Waals surface area contributed by atoms with Gasteiger partial charge >= 0.3 is 0 Å². The number of benzene rings is 2. The molecule has 32 heavy (non-hydrogen) atoms. The first-order valence-corrected chi connectivity index (χ1v) is 11.7. The van der Waals surface area contributed by atoms with Crippen molar-refractivity contribution in [1.82, 2.24) is 15.0 Å². The standard InChI is InChI=1S/C24H20N4O2S2/c1-14-9-11-18(12-10-14)22-25-13-19(31-22)24-28(16(3)29)27-21(30-24)20-15(2)26-23(32-20)17-7-5-4-6-8-17/h4-13,24H,1-3H3. The number of hydrazone groups is 1. The summed E-state index contributed by atoms with van der Waals surface area (Å²) in [4.78, 5) is 23.2. The summed E-state index contributed by atoms with van der Waals surface area (Å²) in [7, 11) is 0. The first kappa shape index (κ1) is 20.5. The Kier molecular flexibility index (Phi) is 5.32. The molecule has 3 heterocycles. The van der Waals surface area contributed by atoms with E-state index in [0.29, 0.717) is 5.90 Å². The van der Waals surface area contributed by atoms with Crippen LogP contribution in [0.2, 0.25) is 0 Å². The smallest absolute Gasteiger partial charge is 0.253 e. The molecule has 2 aromatic heterocycles. The predicted molar refractivity (Wildman–Crippen MR) is 127 cm³/mol. The number of carbonyl (C=O) groups excluding carboxylic acids is 1. The van der Waals surface area contributed by atoms with Gasteiger partial charge < -0.3 is 4.74 Å². The number of hydrogen-bond donors (Lipinski definition) is 0. The second-order valence-corrected chi connectivity index (χ2v) is 9.53. The van der Waals surface area contributed by atoms with Crippen LogP contribution in [0.3, 0.4) is 0 Å². The summed E-state index contributed by atoms with van der Waals surface area (Å²) in [6.07, 6.45) is 1.12. The highest BCUT2D eigenvalue weighted by Gasteiger charge is 2.36. The molecule has 2 aromatic carbocycles. The zero-order valence-corrected chi connectivity index (χ0v) is 19.4. The van der Waals surface area contributed by atoms with Crippen molar-refractivity contribution in [2.75, 3.05) is 0 Å². The molecule has 0 bridgehead atoms. The molecule has 0 fully saturated rings. The first-order chi connectivity index (χ1) is 15.5. The highest BCUT2D eigenvalue weighted by Crippen LogP contribution is 2.38. The van der Waals surface area contributed by atoms with Crippen molar-refractivity contribution in [3.63, 3.8) is 0 Å². The van der Waals surface area contributed by atoms with Crippen LogP contribution >= 0.6 is 22.7 Å². The molecule has 0 radical (unpaired) electrons. The Balaban J connectivity index is 1.45. The minimum absolute atomic E-state index is 0.194. The molecule has 0 N–H and O–H groups in total. The van der Waals surface area contributed by atoms with Crippen molar-refractivity contribution >= 4 is 34.5 Å². The molecule has 6 nitrogen and oxygen atoms in total. The van der Waals surface area contributed by atoms with Gasteiger partial charge in [-0.25, -0.2) is 9.97 Å². The minimum atomic E-state index is -0.638. The molecule has 0 aliphatic carbocycles. The molecule has 0 saturated carbocycles. The van der Waals surface area contributed by atoms with Gasteiger partial charge in [-0.2, -0.15) is 5.01 Å². The molecule has 0 saturated heterocycles. The molecular formula is C24H20N4O2S2. The van der Waals surface area contributed by atoms with Crippen molar-refractivity contribution in [2.24, 2.45) is 5.10 Å². The van der Waals surface area contributed by atoms with Crippen LogP contribution in [-0.2, 0) is 9.53 Å². The van der Waals surface area contributed by atoms with E-state index in [2.05, 4.69) is 34.1 Å². The van der Waals surface area contributed by atoms with E-state index in [-0.39, 0.29) is 5.91 Å². The summed E-state index contributed by atoms with van der Waals surface area (Å²) >= 11 is 3.01. The van der Waals surface area contributed by atoms with Gasteiger partial charge in [0, 0.05) is 24.2 Å². The van der Waals surface area contributed by atoms with Gasteiger partial charge in [-0.3, -0.25) is 4.79 Å². The van der Waals surface area contributed by atoms with Gasteiger partial charge in [-0.15, -0.1) is 27.8 Å². The maximum Gasteiger partial charge on any atom is 0.253 e. The molecule has 1 unspecified atom stereocenters. The molecule has 8 heteroatoms. The van der Waals surface area contributed by atoms with Crippen molar-refractivity contribution in [3.05, 3.63) is 81.8 Å². The fourth-order valence-electron chi connectivity index (χ4n) is 3.37. The Bertz CT molecular complexity index is 1310. The van der Waals surface area contributed by atoms with E-state index in [0.717, 1.165) is 36.6 Å². The second-order valence-electron chi connectivity index (χ2n) is 7.47. The van der Waals surface area contributed by atoms with E-state index in [9.17, 15) is 4.79 Å². The van der Waals surface area contributed by atoms with E-state index in [1.54, 1.807) is 6.20 Å². The van der Waals surface area contributed by atoms with Crippen molar-refractivity contribution in [3.8, 4) is 21.1 Å². The molecule has 1 aliphatic heterocycles. The first-order valence-electron chi connectivity index (χ1n) is 10.1. The SMILES string of the molecule is CC(=O)N1N=C(c2sc(-c3ccccc3)nc2C)OC1c1cnc(-c2ccc(C)cc2)s1. The summed E-state index contributed by atoms with van der Waals surface area (Å²) < 4.78 is 6.20. The van der Waals surface area contributed by atoms with Crippen LogP contribution in [0.4, 0.5) is 0 Å². The Morgan fingerprint density at radius 1 is 0.969 bits per heavy atom. The number of ether oxygens (including phenoxy) is 1. The zero-order chi connectivity index (χ0) is 22.2. The molecule has 0 spiro atoms. The molecule has 1 amide bonds. The number of thiazole rings is 2. The zero-order valence-electron chi connectivity index (χ0n) is 17.8. The van der Waals surface area contributed by atoms with Crippen LogP contribution in [0, 0.1) is 13.8 Å². The van der Waals surface area contributed by atoms with Gasteiger partial charge in [-0.05, 0) is 13.8 Å². The van der Waals surface area contributed by atoms with E-state index >= 15 is 0 Å². The Morgan fingerprint density at radius 3 is 2.41 bits per heavy atom. The lowest BCUT2D eigenvalue weighted by Crippen LogP contribution is -2.24. The Labute approximate surface area is 193 Å². The molecule has 160 valence electrons. The fourth-order valence-corrected chi connectivity index (χ4v) is 5.31. The normalized spacial score (nSPS) is 15.5. The summed E-state index contributed by atoms with van der Waals surface area (Å²) in [6.45, 7) is 5.47. The van der Waals surface area contributed by atoms with Gasteiger partial charge in [0.25, 0.3) is 5.90 Å². The monoisotopic (exact) mass is 460 g/mol. The summed E-state index contributed by atoms with van der Waals surface area (Å²) in [5, 5.41) is 7.65. The molecule has 1 aliphatic rings. The van der Waals surface area contributed by atoms with E-state index in [4.69, 9.17) is 4.74 Å². The van der Waals surface area contributed by atoms with Crippen molar-refractivity contribution < 1.29 is 9.53 Å². The van der Waals surface area contributed by atoms with Gasteiger partial charge in [0.05, 0.1) is 10.6 Å². The number of aromatic nitrogens is 2. The van der Waals surface area contributed by atoms with Crippen LogP contribution in [0.1, 0.15) is 34.2 Å². The molecular weight excluding hydrogens is 440 g/mol. The fraction of sp³-hybridized carbons (Fsp3) is 0.167. The second kappa shape index (κ2) is 8.29. The van der Waals surface area contributed by atoms with Gasteiger partial charge in [0.1, 0.15) is 14.9 Å². The average molecular weight is 461 g/mol. The van der Waals surface area contributed by atoms with Crippen molar-refractivity contribution in [1.29, 1.82) is 0 Å². The Morgan fingerprint density at radius 2 is 1.69 bits per heavy atom. The minimum Gasteiger partial charge on any atom is -0.444 e. The average Bonchev–Trinajstić information content (AvgIpc) is 3.52. The van der Waals surface area contributed by atoms with E-state index in [1.165, 1.54) is 40.2 Å². The Hall–Kier alpha value is -3.36. The molecule has 1 atom stereocenters. The van der Waals surface area contributed by atoms with Crippen LogP contribution in [0.25, 0.3) is 21.1 Å². The summed E-state index contributed by atoms with van der Waals surface area (Å²) in [5.74, 6) is 0.216. The number of hydrogen-bond acceptors (Lipinski definition) is 7. The topological polar surface area (TPSA) is 67.7 Å². The van der Waals surface area contributed by atoms with E-state index in [1.807, 2.05) is 49.4 Å². The highest BCUT2D eigenvalue weighted by atomic mass is 32.1. The number of amides is 1. The third-order valence-corrected chi connectivity index (χ3v) is 7.32. The third kappa shape index (κ3) is 3.83. The van der Waals surface area contributed by atoms with Crippen LogP contribution in [-0.4, -0.2) is 26.8 Å². The molecule has 4 aromatic rings. The van der Waals surface area contributed by atoms with E-state index < -0.39 is 6.23 Å². The van der Waals surface area contributed by atoms with Gasteiger partial charge in [0.15, 0.2) is 0 Å². The number of aryl methyl sites for hydroxylation is 2. The third-order valence-electron chi connectivity index (χ3n) is 5.04. The molecule has 5 rings (SSSR count). The quantitative estimate of drug-likeness (QED) is 0.387. The lowest BCUT2D eigenvalue weighted by molar-refractivity contribution is -0.135. The number of rotatable bonds is 4. The highest BCUT2D eigenvalue weighted by molar-refractivity contribution is 7.17. The summed E-state index contributed by atoms with van der Waals surface area (Å²) in [6, 6.07) is 18.2. The largest absolute Gasteiger partial charge is 0.444 e. The van der Waals surface area contributed by atoms with Crippen LogP contribution < -0.4 is 0 Å². The number of nitrogens with zero attached hydrogens (tertiary/aromatic N) is 4. The predicted octanol–water partition coefficient (Wildman–Crippen LogP) is 5.79. The lowest BCUT2D eigenvalue weighted by atomic mass is 10.2. The van der Waals surface area contributed by atoms with Gasteiger partial charge in [-0.1, -0.05) is 60.2 Å². The summed E-state index contributed by atoms with van der Waals surface area (Å²) in [5.41, 5.74) is 4.09. The van der Waals surface area contributed by atoms with Crippen molar-refractivity contribution in [2.45, 2.75) is 27.0 Å². The van der Waals surface area contributed by atoms with Gasteiger partial charge in [0.2, 0.25) is 12.1 Å². The number of carbonyl (C=O) groups is 1. The van der Waals surface area contributed by atoms with Crippen LogP contribution in [0.5, 0.6) is 0 Å². The lowest BCUT2D eigenvalue weighted by Gasteiger charge is -2.16. The maximum absolute atomic E-state index is 12.3. The van der Waals surface area contributed by atoms with Crippen LogP contribution in [0.15, 0.2) is 65.9 Å². The maximum atomic E-state index is 12.3.